The molecule has 1 heterocycles. The van der Waals surface area contributed by atoms with Gasteiger partial charge in [0.15, 0.2) is 0 Å². The molecule has 0 saturated carbocycles. The molecule has 1 rings (SSSR count). The molecule has 0 aliphatic carbocycles. The number of amides is 1. The van der Waals surface area contributed by atoms with E-state index in [1.807, 2.05) is 0 Å². The number of hydrogen-bond donors (Lipinski definition) is 1. The number of aliphatic carboxylic acids is 1. The van der Waals surface area contributed by atoms with Crippen LogP contribution in [0.1, 0.15) is 22.2 Å². The van der Waals surface area contributed by atoms with Gasteiger partial charge in [-0.25, -0.2) is 4.79 Å². The molecule has 6 heteroatoms. The molecule has 0 aromatic carbocycles. The van der Waals surface area contributed by atoms with Gasteiger partial charge in [-0.1, -0.05) is 0 Å². The molecule has 5 nitrogen and oxygen atoms in total. The predicted octanol–water partition coefficient (Wildman–Crippen LogP) is 2.08. The zero-order valence-electron chi connectivity index (χ0n) is 10.7. The third-order valence-electron chi connectivity index (χ3n) is 2.41. The fourth-order valence-electron chi connectivity index (χ4n) is 1.49. The van der Waals surface area contributed by atoms with E-state index in [1.165, 1.54) is 22.3 Å². The van der Waals surface area contributed by atoms with Crippen molar-refractivity contribution < 1.29 is 14.7 Å². The quantitative estimate of drug-likeness (QED) is 0.836. The van der Waals surface area contributed by atoms with Crippen LogP contribution in [0, 0.1) is 17.2 Å². The van der Waals surface area contributed by atoms with Gasteiger partial charge in [0.1, 0.15) is 0 Å². The third kappa shape index (κ3) is 4.23. The zero-order valence-corrected chi connectivity index (χ0v) is 11.5. The standard InChI is InChI=1S/C13H14N2O3S/c1-9(7-14)8-15(2)13(18)12-10(5-6-19-12)3-4-11(16)17/h3-6,9H,8H2,1-2H3,(H,16,17)/b4-3+. The summed E-state index contributed by atoms with van der Waals surface area (Å²) in [5, 5.41) is 19.1. The summed E-state index contributed by atoms with van der Waals surface area (Å²) in [6.45, 7) is 2.08. The van der Waals surface area contributed by atoms with Gasteiger partial charge in [0.25, 0.3) is 5.91 Å². The SMILES string of the molecule is CC(C#N)CN(C)C(=O)c1sccc1/C=C/C(=O)O. The summed E-state index contributed by atoms with van der Waals surface area (Å²) in [5.41, 5.74) is 0.578. The topological polar surface area (TPSA) is 81.4 Å². The smallest absolute Gasteiger partial charge is 0.328 e. The highest BCUT2D eigenvalue weighted by molar-refractivity contribution is 7.12. The normalized spacial score (nSPS) is 12.1. The fraction of sp³-hybridized carbons (Fsp3) is 0.308. The van der Waals surface area contributed by atoms with Crippen LogP contribution in [0.25, 0.3) is 6.08 Å². The lowest BCUT2D eigenvalue weighted by molar-refractivity contribution is -0.131. The van der Waals surface area contributed by atoms with Gasteiger partial charge in [-0.3, -0.25) is 4.79 Å². The molecule has 0 fully saturated rings. The lowest BCUT2D eigenvalue weighted by Crippen LogP contribution is -2.30. The fourth-order valence-corrected chi connectivity index (χ4v) is 2.37. The average molecular weight is 278 g/mol. The zero-order chi connectivity index (χ0) is 14.4. The van der Waals surface area contributed by atoms with Crippen LogP contribution in [0.5, 0.6) is 0 Å². The van der Waals surface area contributed by atoms with Crippen molar-refractivity contribution in [3.8, 4) is 6.07 Å². The summed E-state index contributed by atoms with van der Waals surface area (Å²) >= 11 is 1.25. The molecule has 0 radical (unpaired) electrons. The number of nitriles is 1. The van der Waals surface area contributed by atoms with Gasteiger partial charge in [-0.2, -0.15) is 5.26 Å². The first-order valence-electron chi connectivity index (χ1n) is 5.59. The molecule has 1 aromatic heterocycles. The summed E-state index contributed by atoms with van der Waals surface area (Å²) in [5.74, 6) is -1.51. The van der Waals surface area contributed by atoms with Crippen molar-refractivity contribution in [3.05, 3.63) is 28.0 Å². The van der Waals surface area contributed by atoms with Crippen LogP contribution in [-0.4, -0.2) is 35.5 Å². The maximum Gasteiger partial charge on any atom is 0.328 e. The summed E-state index contributed by atoms with van der Waals surface area (Å²) in [7, 11) is 1.63. The largest absolute Gasteiger partial charge is 0.478 e. The minimum absolute atomic E-state index is 0.206. The number of hydrogen-bond acceptors (Lipinski definition) is 4. The number of thiophene rings is 1. The maximum atomic E-state index is 12.2. The molecule has 0 saturated heterocycles. The Hall–Kier alpha value is -2.13. The van der Waals surface area contributed by atoms with Crippen LogP contribution in [0.2, 0.25) is 0 Å². The Morgan fingerprint density at radius 3 is 2.89 bits per heavy atom. The highest BCUT2D eigenvalue weighted by Crippen LogP contribution is 2.20. The van der Waals surface area contributed by atoms with E-state index in [4.69, 9.17) is 10.4 Å². The first kappa shape index (κ1) is 14.9. The highest BCUT2D eigenvalue weighted by atomic mass is 32.1. The molecule has 0 aliphatic heterocycles. The highest BCUT2D eigenvalue weighted by Gasteiger charge is 2.17. The van der Waals surface area contributed by atoms with Gasteiger partial charge in [-0.15, -0.1) is 11.3 Å². The molecule has 1 unspecified atom stereocenters. The summed E-state index contributed by atoms with van der Waals surface area (Å²) < 4.78 is 0. The second-order valence-corrected chi connectivity index (χ2v) is 5.01. The number of nitrogens with zero attached hydrogens (tertiary/aromatic N) is 2. The molecule has 1 atom stereocenters. The number of carboxylic acid groups (broad SMARTS) is 1. The maximum absolute atomic E-state index is 12.2. The van der Waals surface area contributed by atoms with E-state index < -0.39 is 5.97 Å². The molecule has 0 aliphatic rings. The number of carbonyl (C=O) groups is 2. The van der Waals surface area contributed by atoms with Crippen LogP contribution >= 0.6 is 11.3 Å². The second-order valence-electron chi connectivity index (χ2n) is 4.09. The number of carbonyl (C=O) groups excluding carboxylic acids is 1. The van der Waals surface area contributed by atoms with E-state index in [-0.39, 0.29) is 11.8 Å². The lowest BCUT2D eigenvalue weighted by atomic mass is 10.2. The van der Waals surface area contributed by atoms with Crippen LogP contribution in [0.15, 0.2) is 17.5 Å². The Kier molecular flexibility index (Phi) is 5.27. The van der Waals surface area contributed by atoms with Crippen LogP contribution in [0.3, 0.4) is 0 Å². The van der Waals surface area contributed by atoms with E-state index in [2.05, 4.69) is 6.07 Å². The van der Waals surface area contributed by atoms with Gasteiger partial charge in [0.05, 0.1) is 16.9 Å². The van der Waals surface area contributed by atoms with E-state index in [0.717, 1.165) is 6.08 Å². The van der Waals surface area contributed by atoms with Gasteiger partial charge in [0, 0.05) is 19.7 Å². The second kappa shape index (κ2) is 6.71. The minimum Gasteiger partial charge on any atom is -0.478 e. The summed E-state index contributed by atoms with van der Waals surface area (Å²) in [6.07, 6.45) is 2.39. The van der Waals surface area contributed by atoms with Crippen LogP contribution in [0.4, 0.5) is 0 Å². The van der Waals surface area contributed by atoms with Crippen LogP contribution < -0.4 is 0 Å². The van der Waals surface area contributed by atoms with E-state index >= 15 is 0 Å². The van der Waals surface area contributed by atoms with Gasteiger partial charge < -0.3 is 10.0 Å². The molecule has 0 spiro atoms. The summed E-state index contributed by atoms with van der Waals surface area (Å²) in [6, 6.07) is 3.76. The van der Waals surface area contributed by atoms with Crippen molar-refractivity contribution in [1.82, 2.24) is 4.90 Å². The van der Waals surface area contributed by atoms with Crippen molar-refractivity contribution in [1.29, 1.82) is 5.26 Å². The van der Waals surface area contributed by atoms with Gasteiger partial charge in [0.2, 0.25) is 0 Å². The number of carboxylic acids is 1. The Morgan fingerprint density at radius 2 is 2.32 bits per heavy atom. The van der Waals surface area contributed by atoms with E-state index in [9.17, 15) is 9.59 Å². The monoisotopic (exact) mass is 278 g/mol. The first-order valence-corrected chi connectivity index (χ1v) is 6.47. The Labute approximate surface area is 115 Å². The number of rotatable bonds is 5. The molecule has 1 N–H and O–H groups in total. The molecule has 1 aromatic rings. The van der Waals surface area contributed by atoms with Crippen LogP contribution in [-0.2, 0) is 4.79 Å². The first-order chi connectivity index (χ1) is 8.95. The molecule has 19 heavy (non-hydrogen) atoms. The Balaban J connectivity index is 2.86. The van der Waals surface area contributed by atoms with E-state index in [0.29, 0.717) is 17.0 Å². The minimum atomic E-state index is -1.06. The Bertz CT molecular complexity index is 542. The molecule has 100 valence electrons. The van der Waals surface area contributed by atoms with Crippen molar-refractivity contribution >= 4 is 29.3 Å². The molecular formula is C13H14N2O3S. The van der Waals surface area contributed by atoms with Crippen molar-refractivity contribution in [2.75, 3.05) is 13.6 Å². The third-order valence-corrected chi connectivity index (χ3v) is 3.33. The van der Waals surface area contributed by atoms with Crippen molar-refractivity contribution in [2.45, 2.75) is 6.92 Å². The van der Waals surface area contributed by atoms with Crippen molar-refractivity contribution in [2.24, 2.45) is 5.92 Å². The molecular weight excluding hydrogens is 264 g/mol. The molecule has 1 amide bonds. The molecule has 0 bridgehead atoms. The predicted molar refractivity (Wildman–Crippen MR) is 72.7 cm³/mol. The van der Waals surface area contributed by atoms with Gasteiger partial charge in [-0.05, 0) is 30.0 Å². The average Bonchev–Trinajstić information content (AvgIpc) is 2.83. The lowest BCUT2D eigenvalue weighted by Gasteiger charge is -2.17. The Morgan fingerprint density at radius 1 is 1.63 bits per heavy atom. The van der Waals surface area contributed by atoms with E-state index in [1.54, 1.807) is 25.4 Å². The van der Waals surface area contributed by atoms with Gasteiger partial charge >= 0.3 is 5.97 Å². The van der Waals surface area contributed by atoms with Crippen molar-refractivity contribution in [3.63, 3.8) is 0 Å². The summed E-state index contributed by atoms with van der Waals surface area (Å²) in [4.78, 5) is 24.6.